The molecule has 146 valence electrons. The number of esters is 1. The van der Waals surface area contributed by atoms with Crippen LogP contribution < -0.4 is 5.32 Å². The standard InChI is InChI=1S/C21H21FN2O4/c1-14-7-8-17(10-18(14)22)23-19(25)13-28-21(27)16-9-20(26)24(12-16)11-15-5-3-2-4-6-15/h2-8,10,16H,9,11-13H2,1H3,(H,23,25)/t16-/m1/s1. The fourth-order valence-corrected chi connectivity index (χ4v) is 3.01. The van der Waals surface area contributed by atoms with E-state index in [2.05, 4.69) is 5.32 Å². The van der Waals surface area contributed by atoms with Crippen LogP contribution in [0.2, 0.25) is 0 Å². The van der Waals surface area contributed by atoms with Crippen molar-refractivity contribution in [2.24, 2.45) is 5.92 Å². The second-order valence-corrected chi connectivity index (χ2v) is 6.78. The minimum Gasteiger partial charge on any atom is -0.455 e. The number of hydrogen-bond donors (Lipinski definition) is 1. The molecule has 1 saturated heterocycles. The average molecular weight is 384 g/mol. The molecule has 0 spiro atoms. The first-order valence-electron chi connectivity index (χ1n) is 8.96. The lowest BCUT2D eigenvalue weighted by Crippen LogP contribution is -2.28. The Kier molecular flexibility index (Phi) is 6.03. The Morgan fingerprint density at radius 2 is 1.96 bits per heavy atom. The molecule has 1 fully saturated rings. The first-order valence-corrected chi connectivity index (χ1v) is 8.96. The van der Waals surface area contributed by atoms with Gasteiger partial charge in [0, 0.05) is 25.2 Å². The normalized spacial score (nSPS) is 16.1. The van der Waals surface area contributed by atoms with Crippen LogP contribution in [-0.4, -0.2) is 35.8 Å². The zero-order chi connectivity index (χ0) is 20.1. The molecule has 1 N–H and O–H groups in total. The fraction of sp³-hybridized carbons (Fsp3) is 0.286. The molecule has 0 bridgehead atoms. The van der Waals surface area contributed by atoms with Gasteiger partial charge in [-0.1, -0.05) is 36.4 Å². The molecule has 2 amide bonds. The molecule has 0 radical (unpaired) electrons. The molecule has 28 heavy (non-hydrogen) atoms. The Hall–Kier alpha value is -3.22. The quantitative estimate of drug-likeness (QED) is 0.777. The highest BCUT2D eigenvalue weighted by Gasteiger charge is 2.35. The molecular formula is C21H21FN2O4. The molecule has 2 aromatic carbocycles. The molecule has 6 nitrogen and oxygen atoms in total. The predicted molar refractivity (Wildman–Crippen MR) is 101 cm³/mol. The van der Waals surface area contributed by atoms with Crippen molar-refractivity contribution in [3.05, 3.63) is 65.5 Å². The lowest BCUT2D eigenvalue weighted by molar-refractivity contribution is -0.151. The maximum Gasteiger partial charge on any atom is 0.311 e. The van der Waals surface area contributed by atoms with Crippen LogP contribution in [0.15, 0.2) is 48.5 Å². The summed E-state index contributed by atoms with van der Waals surface area (Å²) in [6.45, 7) is 1.82. The summed E-state index contributed by atoms with van der Waals surface area (Å²) in [6, 6.07) is 13.8. The molecule has 0 aliphatic carbocycles. The Balaban J connectivity index is 1.47. The topological polar surface area (TPSA) is 75.7 Å². The Morgan fingerprint density at radius 1 is 1.21 bits per heavy atom. The van der Waals surface area contributed by atoms with E-state index in [1.807, 2.05) is 30.3 Å². The molecule has 1 heterocycles. The van der Waals surface area contributed by atoms with Crippen molar-refractivity contribution in [2.75, 3.05) is 18.5 Å². The highest BCUT2D eigenvalue weighted by Crippen LogP contribution is 2.21. The van der Waals surface area contributed by atoms with Crippen LogP contribution in [0.1, 0.15) is 17.5 Å². The molecule has 3 rings (SSSR count). The van der Waals surface area contributed by atoms with E-state index in [4.69, 9.17) is 4.74 Å². The van der Waals surface area contributed by atoms with E-state index in [0.717, 1.165) is 5.56 Å². The lowest BCUT2D eigenvalue weighted by atomic mass is 10.1. The maximum absolute atomic E-state index is 13.5. The summed E-state index contributed by atoms with van der Waals surface area (Å²) >= 11 is 0. The van der Waals surface area contributed by atoms with Crippen LogP contribution in [0.3, 0.4) is 0 Å². The van der Waals surface area contributed by atoms with Crippen LogP contribution in [0.25, 0.3) is 0 Å². The fourth-order valence-electron chi connectivity index (χ4n) is 3.01. The van der Waals surface area contributed by atoms with Gasteiger partial charge in [0.2, 0.25) is 5.91 Å². The first kappa shape index (κ1) is 19.5. The zero-order valence-corrected chi connectivity index (χ0v) is 15.5. The van der Waals surface area contributed by atoms with E-state index in [0.29, 0.717) is 12.1 Å². The van der Waals surface area contributed by atoms with Gasteiger partial charge in [-0.3, -0.25) is 14.4 Å². The van der Waals surface area contributed by atoms with Gasteiger partial charge >= 0.3 is 5.97 Å². The van der Waals surface area contributed by atoms with E-state index >= 15 is 0 Å². The SMILES string of the molecule is Cc1ccc(NC(=O)COC(=O)[C@@H]2CC(=O)N(Cc3ccccc3)C2)cc1F. The van der Waals surface area contributed by atoms with Gasteiger partial charge in [-0.15, -0.1) is 0 Å². The number of hydrogen-bond acceptors (Lipinski definition) is 4. The average Bonchev–Trinajstić information content (AvgIpc) is 3.04. The van der Waals surface area contributed by atoms with E-state index in [9.17, 15) is 18.8 Å². The highest BCUT2D eigenvalue weighted by atomic mass is 19.1. The van der Waals surface area contributed by atoms with Crippen LogP contribution in [-0.2, 0) is 25.7 Å². The number of amides is 2. The lowest BCUT2D eigenvalue weighted by Gasteiger charge is -2.16. The third kappa shape index (κ3) is 4.94. The van der Waals surface area contributed by atoms with Crippen molar-refractivity contribution < 1.29 is 23.5 Å². The molecule has 1 atom stereocenters. The molecule has 7 heteroatoms. The van der Waals surface area contributed by atoms with Crippen molar-refractivity contribution in [1.82, 2.24) is 4.90 Å². The highest BCUT2D eigenvalue weighted by molar-refractivity contribution is 5.93. The number of nitrogens with one attached hydrogen (secondary N) is 1. The number of aryl methyl sites for hydroxylation is 1. The van der Waals surface area contributed by atoms with E-state index in [1.54, 1.807) is 24.0 Å². The van der Waals surface area contributed by atoms with Crippen LogP contribution >= 0.6 is 0 Å². The van der Waals surface area contributed by atoms with E-state index < -0.39 is 30.2 Å². The van der Waals surface area contributed by atoms with Crippen molar-refractivity contribution in [3.63, 3.8) is 0 Å². The van der Waals surface area contributed by atoms with Gasteiger partial charge in [-0.05, 0) is 30.2 Å². The Labute approximate surface area is 162 Å². The third-order valence-corrected chi connectivity index (χ3v) is 4.57. The van der Waals surface area contributed by atoms with Gasteiger partial charge in [-0.2, -0.15) is 0 Å². The number of halogens is 1. The smallest absolute Gasteiger partial charge is 0.311 e. The summed E-state index contributed by atoms with van der Waals surface area (Å²) in [6.07, 6.45) is 0.0659. The van der Waals surface area contributed by atoms with Gasteiger partial charge in [0.25, 0.3) is 5.91 Å². The van der Waals surface area contributed by atoms with Crippen molar-refractivity contribution >= 4 is 23.5 Å². The molecule has 2 aromatic rings. The predicted octanol–water partition coefficient (Wildman–Crippen LogP) is 2.66. The third-order valence-electron chi connectivity index (χ3n) is 4.57. The van der Waals surface area contributed by atoms with Gasteiger partial charge in [0.15, 0.2) is 6.61 Å². The minimum absolute atomic E-state index is 0.0659. The van der Waals surface area contributed by atoms with E-state index in [1.165, 1.54) is 6.07 Å². The number of anilines is 1. The summed E-state index contributed by atoms with van der Waals surface area (Å²) in [4.78, 5) is 37.9. The Morgan fingerprint density at radius 3 is 2.68 bits per heavy atom. The summed E-state index contributed by atoms with van der Waals surface area (Å²) in [5, 5.41) is 2.47. The van der Waals surface area contributed by atoms with Gasteiger partial charge < -0.3 is 15.0 Å². The molecule has 1 aliphatic heterocycles. The molecule has 0 aromatic heterocycles. The van der Waals surface area contributed by atoms with Gasteiger partial charge in [0.05, 0.1) is 5.92 Å². The summed E-state index contributed by atoms with van der Waals surface area (Å²) in [5.74, 6) is -2.31. The van der Waals surface area contributed by atoms with Crippen LogP contribution in [0, 0.1) is 18.7 Å². The summed E-state index contributed by atoms with van der Waals surface area (Å²) in [7, 11) is 0. The van der Waals surface area contributed by atoms with Crippen LogP contribution in [0.5, 0.6) is 0 Å². The number of rotatable bonds is 6. The first-order chi connectivity index (χ1) is 13.4. The Bertz CT molecular complexity index is 885. The molecule has 1 aliphatic rings. The van der Waals surface area contributed by atoms with Crippen LogP contribution in [0.4, 0.5) is 10.1 Å². The number of nitrogens with zero attached hydrogens (tertiary/aromatic N) is 1. The van der Waals surface area contributed by atoms with Crippen molar-refractivity contribution in [3.8, 4) is 0 Å². The zero-order valence-electron chi connectivity index (χ0n) is 15.5. The minimum atomic E-state index is -0.596. The second-order valence-electron chi connectivity index (χ2n) is 6.78. The molecule has 0 unspecified atom stereocenters. The van der Waals surface area contributed by atoms with Gasteiger partial charge in [0.1, 0.15) is 5.82 Å². The van der Waals surface area contributed by atoms with Crippen molar-refractivity contribution in [1.29, 1.82) is 0 Å². The monoisotopic (exact) mass is 384 g/mol. The number of benzene rings is 2. The number of carbonyl (C=O) groups excluding carboxylic acids is 3. The van der Waals surface area contributed by atoms with E-state index in [-0.39, 0.29) is 24.6 Å². The maximum atomic E-state index is 13.5. The summed E-state index contributed by atoms with van der Waals surface area (Å²) < 4.78 is 18.5. The number of ether oxygens (including phenoxy) is 1. The summed E-state index contributed by atoms with van der Waals surface area (Å²) in [5.41, 5.74) is 1.74. The largest absolute Gasteiger partial charge is 0.455 e. The number of carbonyl (C=O) groups is 3. The molecule has 0 saturated carbocycles. The van der Waals surface area contributed by atoms with Crippen molar-refractivity contribution in [2.45, 2.75) is 19.9 Å². The number of likely N-dealkylation sites (tertiary alicyclic amines) is 1. The second kappa shape index (κ2) is 8.65. The molecular weight excluding hydrogens is 363 g/mol. The van der Waals surface area contributed by atoms with Gasteiger partial charge in [-0.25, -0.2) is 4.39 Å².